The Morgan fingerprint density at radius 3 is 2.74 bits per heavy atom. The third-order valence-corrected chi connectivity index (χ3v) is 5.83. The molecule has 1 amide bonds. The maximum Gasteiger partial charge on any atom is 0.219 e. The molecule has 0 saturated carbocycles. The Morgan fingerprint density at radius 1 is 1.44 bits per heavy atom. The molecule has 152 valence electrons. The SMILES string of the molecule is CN=C(NCCN1CCN(C(C)=O)CC1)N(C)Cc1csc(C(C)OC)n1. The minimum absolute atomic E-state index is 0.0231. The number of nitrogens with zero attached hydrogens (tertiary/aromatic N) is 5. The van der Waals surface area contributed by atoms with Crippen LogP contribution in [0.4, 0.5) is 0 Å². The number of thiazole rings is 1. The minimum Gasteiger partial charge on any atom is -0.375 e. The van der Waals surface area contributed by atoms with Crippen molar-refractivity contribution in [2.45, 2.75) is 26.5 Å². The van der Waals surface area contributed by atoms with Crippen LogP contribution in [0.15, 0.2) is 10.4 Å². The first kappa shape index (κ1) is 21.6. The molecule has 0 spiro atoms. The first-order chi connectivity index (χ1) is 12.9. The molecule has 8 nitrogen and oxygen atoms in total. The fourth-order valence-corrected chi connectivity index (χ4v) is 3.84. The molecule has 1 aromatic rings. The number of rotatable bonds is 7. The molecule has 0 bridgehead atoms. The summed E-state index contributed by atoms with van der Waals surface area (Å²) in [5.74, 6) is 1.02. The maximum atomic E-state index is 11.4. The fourth-order valence-electron chi connectivity index (χ4n) is 3.00. The molecule has 2 heterocycles. The number of carbonyl (C=O) groups is 1. The van der Waals surface area contributed by atoms with E-state index < -0.39 is 0 Å². The van der Waals surface area contributed by atoms with Crippen molar-refractivity contribution in [2.24, 2.45) is 4.99 Å². The average Bonchev–Trinajstić information content (AvgIpc) is 3.13. The number of hydrogen-bond acceptors (Lipinski definition) is 6. The molecule has 1 fully saturated rings. The van der Waals surface area contributed by atoms with Gasteiger partial charge in [-0.15, -0.1) is 11.3 Å². The van der Waals surface area contributed by atoms with E-state index in [-0.39, 0.29) is 12.0 Å². The van der Waals surface area contributed by atoms with Crippen LogP contribution in [0.1, 0.15) is 30.7 Å². The van der Waals surface area contributed by atoms with Gasteiger partial charge in [-0.3, -0.25) is 14.7 Å². The Morgan fingerprint density at radius 2 is 2.15 bits per heavy atom. The van der Waals surface area contributed by atoms with Gasteiger partial charge in [0.1, 0.15) is 11.1 Å². The van der Waals surface area contributed by atoms with Crippen LogP contribution in [-0.2, 0) is 16.1 Å². The van der Waals surface area contributed by atoms with Gasteiger partial charge in [-0.1, -0.05) is 0 Å². The van der Waals surface area contributed by atoms with Crippen LogP contribution < -0.4 is 5.32 Å². The summed E-state index contributed by atoms with van der Waals surface area (Å²) in [5, 5.41) is 6.48. The van der Waals surface area contributed by atoms with Gasteiger partial charge in [0.15, 0.2) is 5.96 Å². The number of piperazine rings is 1. The number of methoxy groups -OCH3 is 1. The van der Waals surface area contributed by atoms with Crippen molar-refractivity contribution < 1.29 is 9.53 Å². The van der Waals surface area contributed by atoms with E-state index in [2.05, 4.69) is 30.5 Å². The molecule has 9 heteroatoms. The van der Waals surface area contributed by atoms with E-state index in [0.29, 0.717) is 6.54 Å². The number of amides is 1. The summed E-state index contributed by atoms with van der Waals surface area (Å²) in [6.45, 7) is 9.58. The highest BCUT2D eigenvalue weighted by Crippen LogP contribution is 2.20. The first-order valence-electron chi connectivity index (χ1n) is 9.31. The number of aromatic nitrogens is 1. The third kappa shape index (κ3) is 6.44. The lowest BCUT2D eigenvalue weighted by atomic mass is 10.3. The molecule has 1 aliphatic rings. The van der Waals surface area contributed by atoms with Gasteiger partial charge >= 0.3 is 0 Å². The van der Waals surface area contributed by atoms with Crippen LogP contribution in [0.25, 0.3) is 0 Å². The van der Waals surface area contributed by atoms with E-state index >= 15 is 0 Å². The Labute approximate surface area is 166 Å². The van der Waals surface area contributed by atoms with Gasteiger partial charge in [0, 0.05) is 72.8 Å². The van der Waals surface area contributed by atoms with Gasteiger partial charge in [0.2, 0.25) is 5.91 Å². The second kappa shape index (κ2) is 10.6. The molecule has 1 aliphatic heterocycles. The van der Waals surface area contributed by atoms with Crippen molar-refractivity contribution in [1.82, 2.24) is 25.0 Å². The average molecular weight is 397 g/mol. The van der Waals surface area contributed by atoms with Gasteiger partial charge in [0.25, 0.3) is 0 Å². The molecule has 2 rings (SSSR count). The molecule has 1 N–H and O–H groups in total. The highest BCUT2D eigenvalue weighted by atomic mass is 32.1. The molecular weight excluding hydrogens is 364 g/mol. The van der Waals surface area contributed by atoms with Crippen LogP contribution in [0, 0.1) is 0 Å². The van der Waals surface area contributed by atoms with E-state index in [1.54, 1.807) is 32.4 Å². The zero-order valence-corrected chi connectivity index (χ0v) is 17.9. The quantitative estimate of drug-likeness (QED) is 0.548. The normalized spacial score (nSPS) is 17.1. The Hall–Kier alpha value is -1.71. The summed E-state index contributed by atoms with van der Waals surface area (Å²) in [7, 11) is 5.51. The molecule has 1 atom stereocenters. The highest BCUT2D eigenvalue weighted by Gasteiger charge is 2.18. The topological polar surface area (TPSA) is 73.3 Å². The largest absolute Gasteiger partial charge is 0.375 e. The van der Waals surface area contributed by atoms with Crippen LogP contribution in [0.2, 0.25) is 0 Å². The van der Waals surface area contributed by atoms with Crippen molar-refractivity contribution >= 4 is 23.2 Å². The summed E-state index contributed by atoms with van der Waals surface area (Å²) in [6.07, 6.45) is 0.0231. The van der Waals surface area contributed by atoms with Gasteiger partial charge in [-0.2, -0.15) is 0 Å². The summed E-state index contributed by atoms with van der Waals surface area (Å²) in [6, 6.07) is 0. The number of aliphatic imine (C=N–C) groups is 1. The number of guanidine groups is 1. The second-order valence-electron chi connectivity index (χ2n) is 6.73. The molecule has 0 aromatic carbocycles. The molecular formula is C18H32N6O2S. The predicted octanol–water partition coefficient (Wildman–Crippen LogP) is 1.02. The van der Waals surface area contributed by atoms with E-state index in [9.17, 15) is 4.79 Å². The lowest BCUT2D eigenvalue weighted by molar-refractivity contribution is -0.130. The predicted molar refractivity (Wildman–Crippen MR) is 109 cm³/mol. The lowest BCUT2D eigenvalue weighted by Gasteiger charge is -2.34. The van der Waals surface area contributed by atoms with Gasteiger partial charge in [-0.05, 0) is 6.92 Å². The van der Waals surface area contributed by atoms with Crippen molar-refractivity contribution in [3.63, 3.8) is 0 Å². The van der Waals surface area contributed by atoms with E-state index in [0.717, 1.165) is 55.9 Å². The molecule has 1 unspecified atom stereocenters. The Balaban J connectivity index is 1.75. The first-order valence-corrected chi connectivity index (χ1v) is 10.2. The third-order valence-electron chi connectivity index (χ3n) is 4.77. The van der Waals surface area contributed by atoms with Gasteiger partial charge < -0.3 is 19.9 Å². The van der Waals surface area contributed by atoms with Crippen LogP contribution in [-0.4, -0.2) is 92.0 Å². The summed E-state index contributed by atoms with van der Waals surface area (Å²) in [5.41, 5.74) is 1.02. The zero-order valence-electron chi connectivity index (χ0n) is 17.1. The Kier molecular flexibility index (Phi) is 8.46. The number of hydrogen-bond donors (Lipinski definition) is 1. The van der Waals surface area contributed by atoms with Gasteiger partial charge in [-0.25, -0.2) is 4.98 Å². The molecule has 1 aromatic heterocycles. The summed E-state index contributed by atoms with van der Waals surface area (Å²) < 4.78 is 5.33. The van der Waals surface area contributed by atoms with Crippen LogP contribution in [0.3, 0.4) is 0 Å². The van der Waals surface area contributed by atoms with Crippen molar-refractivity contribution in [2.75, 3.05) is 60.5 Å². The fraction of sp³-hybridized carbons (Fsp3) is 0.722. The van der Waals surface area contributed by atoms with E-state index in [4.69, 9.17) is 4.74 Å². The smallest absolute Gasteiger partial charge is 0.219 e. The molecule has 1 saturated heterocycles. The number of nitrogens with one attached hydrogen (secondary N) is 1. The van der Waals surface area contributed by atoms with E-state index in [1.807, 2.05) is 18.9 Å². The molecule has 0 radical (unpaired) electrons. The molecule has 0 aliphatic carbocycles. The minimum atomic E-state index is 0.0231. The summed E-state index contributed by atoms with van der Waals surface area (Å²) in [4.78, 5) is 26.8. The standard InChI is InChI=1S/C18H32N6O2S/c1-14(26-5)17-21-16(13-27-17)12-22(4)18(19-3)20-6-7-23-8-10-24(11-9-23)15(2)25/h13-14H,6-12H2,1-5H3,(H,19,20). The van der Waals surface area contributed by atoms with E-state index in [1.165, 1.54) is 0 Å². The second-order valence-corrected chi connectivity index (χ2v) is 7.62. The Bertz CT molecular complexity index is 627. The zero-order chi connectivity index (χ0) is 19.8. The monoisotopic (exact) mass is 396 g/mol. The maximum absolute atomic E-state index is 11.4. The van der Waals surface area contributed by atoms with Crippen molar-refractivity contribution in [3.8, 4) is 0 Å². The number of carbonyl (C=O) groups excluding carboxylic acids is 1. The summed E-state index contributed by atoms with van der Waals surface area (Å²) >= 11 is 1.62. The highest BCUT2D eigenvalue weighted by molar-refractivity contribution is 7.09. The van der Waals surface area contributed by atoms with Crippen LogP contribution >= 0.6 is 11.3 Å². The molecule has 27 heavy (non-hydrogen) atoms. The van der Waals surface area contributed by atoms with Crippen LogP contribution in [0.5, 0.6) is 0 Å². The van der Waals surface area contributed by atoms with Crippen molar-refractivity contribution in [3.05, 3.63) is 16.1 Å². The lowest BCUT2D eigenvalue weighted by Crippen LogP contribution is -2.50. The number of ether oxygens (including phenoxy) is 1. The van der Waals surface area contributed by atoms with Gasteiger partial charge in [0.05, 0.1) is 12.2 Å². The van der Waals surface area contributed by atoms with Crippen molar-refractivity contribution in [1.29, 1.82) is 0 Å².